The van der Waals surface area contributed by atoms with Crippen molar-refractivity contribution >= 4 is 21.7 Å². The van der Waals surface area contributed by atoms with Gasteiger partial charge in [-0.05, 0) is 18.6 Å². The third-order valence-electron chi connectivity index (χ3n) is 2.17. The lowest BCUT2D eigenvalue weighted by molar-refractivity contribution is 0.616. The second-order valence-corrected chi connectivity index (χ2v) is 4.44. The number of hydrogen-bond acceptors (Lipinski definition) is 2. The summed E-state index contributed by atoms with van der Waals surface area (Å²) in [4.78, 5) is 6.46. The summed E-state index contributed by atoms with van der Waals surface area (Å²) in [6, 6.07) is 3.06. The van der Waals surface area contributed by atoms with Gasteiger partial charge in [0.15, 0.2) is 11.6 Å². The number of rotatable bonds is 1. The summed E-state index contributed by atoms with van der Waals surface area (Å²) < 4.78 is 13.2. The molecule has 70 valence electrons. The van der Waals surface area contributed by atoms with Crippen molar-refractivity contribution in [1.29, 1.82) is 0 Å². The smallest absolute Gasteiger partial charge is 0.165 e. The van der Waals surface area contributed by atoms with Crippen LogP contribution >= 0.6 is 15.9 Å². The van der Waals surface area contributed by atoms with Gasteiger partial charge in [-0.3, -0.25) is 0 Å². The first-order valence-electron chi connectivity index (χ1n) is 4.27. The predicted molar refractivity (Wildman–Crippen MR) is 53.7 cm³/mol. The molecule has 0 aliphatic carbocycles. The predicted octanol–water partition coefficient (Wildman–Crippen LogP) is 2.19. The third kappa shape index (κ3) is 1.82. The zero-order valence-electron chi connectivity index (χ0n) is 7.08. The summed E-state index contributed by atoms with van der Waals surface area (Å²) in [5.41, 5.74) is 0. The van der Waals surface area contributed by atoms with E-state index in [0.717, 1.165) is 19.5 Å². The van der Waals surface area contributed by atoms with Crippen LogP contribution in [0.2, 0.25) is 0 Å². The lowest BCUT2D eigenvalue weighted by Gasteiger charge is -2.16. The summed E-state index contributed by atoms with van der Waals surface area (Å²) in [5, 5.41) is 0. The molecule has 4 heteroatoms. The van der Waals surface area contributed by atoms with Crippen molar-refractivity contribution in [2.45, 2.75) is 11.2 Å². The fourth-order valence-electron chi connectivity index (χ4n) is 1.52. The number of alkyl halides is 1. The fraction of sp³-hybridized carbons (Fsp3) is 0.444. The van der Waals surface area contributed by atoms with Crippen molar-refractivity contribution in [1.82, 2.24) is 4.98 Å². The number of hydrogen-bond donors (Lipinski definition) is 0. The van der Waals surface area contributed by atoms with Crippen LogP contribution in [0.15, 0.2) is 18.3 Å². The van der Waals surface area contributed by atoms with E-state index >= 15 is 0 Å². The van der Waals surface area contributed by atoms with E-state index < -0.39 is 0 Å². The van der Waals surface area contributed by atoms with Crippen molar-refractivity contribution in [3.8, 4) is 0 Å². The maximum Gasteiger partial charge on any atom is 0.165 e. The second-order valence-electron chi connectivity index (χ2n) is 3.14. The minimum atomic E-state index is -0.232. The van der Waals surface area contributed by atoms with Crippen molar-refractivity contribution in [3.05, 3.63) is 24.1 Å². The van der Waals surface area contributed by atoms with Crippen LogP contribution in [0.3, 0.4) is 0 Å². The normalized spacial score (nSPS) is 22.3. The Labute approximate surface area is 84.9 Å². The number of pyridine rings is 1. The lowest BCUT2D eigenvalue weighted by Crippen LogP contribution is -2.21. The Morgan fingerprint density at radius 3 is 3.08 bits per heavy atom. The Balaban J connectivity index is 2.21. The molecule has 1 atom stereocenters. The van der Waals surface area contributed by atoms with Gasteiger partial charge in [0.1, 0.15) is 0 Å². The Morgan fingerprint density at radius 1 is 1.62 bits per heavy atom. The molecule has 0 spiro atoms. The van der Waals surface area contributed by atoms with Gasteiger partial charge in [-0.25, -0.2) is 9.37 Å². The molecule has 1 saturated heterocycles. The van der Waals surface area contributed by atoms with Gasteiger partial charge in [-0.2, -0.15) is 0 Å². The summed E-state index contributed by atoms with van der Waals surface area (Å²) in [7, 11) is 0. The Hall–Kier alpha value is -0.640. The standard InChI is InChI=1S/C9H10BrFN2/c10-7-3-5-13(6-7)9-8(11)2-1-4-12-9/h1-2,4,7H,3,5-6H2. The fourth-order valence-corrected chi connectivity index (χ4v) is 2.07. The molecular weight excluding hydrogens is 235 g/mol. The van der Waals surface area contributed by atoms with E-state index in [1.807, 2.05) is 4.90 Å². The van der Waals surface area contributed by atoms with E-state index in [9.17, 15) is 4.39 Å². The minimum absolute atomic E-state index is 0.232. The number of nitrogens with zero attached hydrogens (tertiary/aromatic N) is 2. The van der Waals surface area contributed by atoms with Gasteiger partial charge in [0.25, 0.3) is 0 Å². The first-order valence-corrected chi connectivity index (χ1v) is 5.18. The van der Waals surface area contributed by atoms with Crippen molar-refractivity contribution < 1.29 is 4.39 Å². The molecule has 0 saturated carbocycles. The molecule has 0 bridgehead atoms. The molecule has 2 nitrogen and oxygen atoms in total. The zero-order chi connectivity index (χ0) is 9.26. The number of halogens is 2. The first kappa shape index (κ1) is 8.94. The largest absolute Gasteiger partial charge is 0.353 e. The molecular formula is C9H10BrFN2. The average Bonchev–Trinajstić information content (AvgIpc) is 2.53. The molecule has 0 radical (unpaired) electrons. The highest BCUT2D eigenvalue weighted by Gasteiger charge is 2.22. The second kappa shape index (κ2) is 3.62. The van der Waals surface area contributed by atoms with Gasteiger partial charge in [0.05, 0.1) is 0 Å². The van der Waals surface area contributed by atoms with Gasteiger partial charge in [0.2, 0.25) is 0 Å². The highest BCUT2D eigenvalue weighted by atomic mass is 79.9. The maximum absolute atomic E-state index is 13.2. The number of anilines is 1. The van der Waals surface area contributed by atoms with Gasteiger partial charge < -0.3 is 4.90 Å². The van der Waals surface area contributed by atoms with Crippen LogP contribution in [0.25, 0.3) is 0 Å². The van der Waals surface area contributed by atoms with Crippen LogP contribution < -0.4 is 4.90 Å². The highest BCUT2D eigenvalue weighted by Crippen LogP contribution is 2.23. The quantitative estimate of drug-likeness (QED) is 0.705. The molecule has 0 amide bonds. The topological polar surface area (TPSA) is 16.1 Å². The van der Waals surface area contributed by atoms with Crippen molar-refractivity contribution in [2.24, 2.45) is 0 Å². The van der Waals surface area contributed by atoms with Crippen LogP contribution in [0.4, 0.5) is 10.2 Å². The minimum Gasteiger partial charge on any atom is -0.353 e. The van der Waals surface area contributed by atoms with E-state index in [1.165, 1.54) is 6.07 Å². The first-order chi connectivity index (χ1) is 6.27. The molecule has 1 aliphatic heterocycles. The molecule has 1 aromatic heterocycles. The van der Waals surface area contributed by atoms with Crippen molar-refractivity contribution in [2.75, 3.05) is 18.0 Å². The molecule has 2 heterocycles. The van der Waals surface area contributed by atoms with Gasteiger partial charge in [-0.15, -0.1) is 0 Å². The van der Waals surface area contributed by atoms with Gasteiger partial charge >= 0.3 is 0 Å². The van der Waals surface area contributed by atoms with Crippen LogP contribution in [0, 0.1) is 5.82 Å². The molecule has 1 aliphatic rings. The molecule has 0 aromatic carbocycles. The maximum atomic E-state index is 13.2. The molecule has 1 fully saturated rings. The van der Waals surface area contributed by atoms with Gasteiger partial charge in [0, 0.05) is 24.1 Å². The lowest BCUT2D eigenvalue weighted by atomic mass is 10.4. The zero-order valence-corrected chi connectivity index (χ0v) is 8.67. The summed E-state index contributed by atoms with van der Waals surface area (Å²) in [6.07, 6.45) is 2.68. The molecule has 2 rings (SSSR count). The van der Waals surface area contributed by atoms with Crippen LogP contribution in [0.5, 0.6) is 0 Å². The van der Waals surface area contributed by atoms with Crippen LogP contribution in [-0.2, 0) is 0 Å². The van der Waals surface area contributed by atoms with E-state index in [4.69, 9.17) is 0 Å². The SMILES string of the molecule is Fc1cccnc1N1CCC(Br)C1. The molecule has 13 heavy (non-hydrogen) atoms. The summed E-state index contributed by atoms with van der Waals surface area (Å²) >= 11 is 3.51. The van der Waals surface area contributed by atoms with Gasteiger partial charge in [-0.1, -0.05) is 15.9 Å². The third-order valence-corrected chi connectivity index (χ3v) is 2.92. The van der Waals surface area contributed by atoms with E-state index in [-0.39, 0.29) is 5.82 Å². The molecule has 1 unspecified atom stereocenters. The molecule has 0 N–H and O–H groups in total. The van der Waals surface area contributed by atoms with Crippen LogP contribution in [-0.4, -0.2) is 22.9 Å². The number of aromatic nitrogens is 1. The molecule has 1 aromatic rings. The Kier molecular flexibility index (Phi) is 2.49. The summed E-state index contributed by atoms with van der Waals surface area (Å²) in [6.45, 7) is 1.72. The highest BCUT2D eigenvalue weighted by molar-refractivity contribution is 9.09. The van der Waals surface area contributed by atoms with E-state index in [1.54, 1.807) is 12.3 Å². The Morgan fingerprint density at radius 2 is 2.46 bits per heavy atom. The monoisotopic (exact) mass is 244 g/mol. The average molecular weight is 245 g/mol. The van der Waals surface area contributed by atoms with Crippen molar-refractivity contribution in [3.63, 3.8) is 0 Å². The summed E-state index contributed by atoms with van der Waals surface area (Å²) in [5.74, 6) is 0.244. The van der Waals surface area contributed by atoms with Crippen LogP contribution in [0.1, 0.15) is 6.42 Å². The van der Waals surface area contributed by atoms with E-state index in [2.05, 4.69) is 20.9 Å². The van der Waals surface area contributed by atoms with E-state index in [0.29, 0.717) is 10.6 Å². The Bertz CT molecular complexity index is 305.